The number of methoxy groups -OCH3 is 1. The molecule has 19 heavy (non-hydrogen) atoms. The van der Waals surface area contributed by atoms with Gasteiger partial charge < -0.3 is 15.2 Å². The van der Waals surface area contributed by atoms with Crippen LogP contribution in [0.5, 0.6) is 11.5 Å². The normalized spacial score (nSPS) is 22.8. The highest BCUT2D eigenvalue weighted by atomic mass is 16.5. The molecule has 1 aliphatic rings. The Hall–Kier alpha value is -1.71. The summed E-state index contributed by atoms with van der Waals surface area (Å²) in [6, 6.07) is 4.89. The lowest BCUT2D eigenvalue weighted by molar-refractivity contribution is 0.0918. The number of nitrogens with one attached hydrogen (secondary N) is 1. The van der Waals surface area contributed by atoms with Crippen molar-refractivity contribution in [2.45, 2.75) is 38.6 Å². The van der Waals surface area contributed by atoms with Gasteiger partial charge in [0, 0.05) is 6.04 Å². The van der Waals surface area contributed by atoms with E-state index < -0.39 is 0 Å². The Morgan fingerprint density at radius 1 is 1.42 bits per heavy atom. The number of rotatable bonds is 3. The third kappa shape index (κ3) is 3.40. The summed E-state index contributed by atoms with van der Waals surface area (Å²) in [7, 11) is 1.54. The van der Waals surface area contributed by atoms with Crippen molar-refractivity contribution >= 4 is 5.91 Å². The van der Waals surface area contributed by atoms with E-state index in [1.807, 2.05) is 0 Å². The van der Waals surface area contributed by atoms with Crippen molar-refractivity contribution in [3.8, 4) is 11.5 Å². The second kappa shape index (κ2) is 5.95. The molecule has 104 valence electrons. The lowest BCUT2D eigenvalue weighted by atomic mass is 9.87. The summed E-state index contributed by atoms with van der Waals surface area (Å²) in [5, 5.41) is 12.8. The zero-order valence-electron chi connectivity index (χ0n) is 11.5. The number of hydrogen-bond donors (Lipinski definition) is 2. The molecule has 4 heteroatoms. The number of amides is 1. The molecule has 1 saturated carbocycles. The van der Waals surface area contributed by atoms with Crippen LogP contribution >= 0.6 is 0 Å². The van der Waals surface area contributed by atoms with Crippen LogP contribution in [-0.4, -0.2) is 24.2 Å². The van der Waals surface area contributed by atoms with Crippen molar-refractivity contribution in [3.05, 3.63) is 23.8 Å². The maximum absolute atomic E-state index is 12.2. The van der Waals surface area contributed by atoms with Crippen LogP contribution in [0.25, 0.3) is 0 Å². The molecule has 0 spiro atoms. The summed E-state index contributed by atoms with van der Waals surface area (Å²) in [5.41, 5.74) is 0.276. The van der Waals surface area contributed by atoms with Gasteiger partial charge in [-0.3, -0.25) is 4.79 Å². The molecule has 1 aromatic rings. The smallest absolute Gasteiger partial charge is 0.255 e. The zero-order chi connectivity index (χ0) is 13.8. The van der Waals surface area contributed by atoms with Crippen molar-refractivity contribution in [2.75, 3.05) is 7.11 Å². The highest BCUT2D eigenvalue weighted by Crippen LogP contribution is 2.26. The van der Waals surface area contributed by atoms with Gasteiger partial charge in [0.1, 0.15) is 11.5 Å². The van der Waals surface area contributed by atoms with Crippen molar-refractivity contribution in [2.24, 2.45) is 5.92 Å². The molecule has 4 nitrogen and oxygen atoms in total. The molecule has 1 aliphatic carbocycles. The van der Waals surface area contributed by atoms with Gasteiger partial charge in [-0.05, 0) is 37.0 Å². The molecular formula is C15H21NO3. The monoisotopic (exact) mass is 263 g/mol. The van der Waals surface area contributed by atoms with E-state index >= 15 is 0 Å². The maximum atomic E-state index is 12.2. The molecule has 2 atom stereocenters. The third-order valence-corrected chi connectivity index (χ3v) is 3.72. The van der Waals surface area contributed by atoms with Crippen LogP contribution in [0.4, 0.5) is 0 Å². The molecule has 2 rings (SSSR count). The van der Waals surface area contributed by atoms with Crippen LogP contribution in [0.15, 0.2) is 18.2 Å². The maximum Gasteiger partial charge on any atom is 0.255 e. The average molecular weight is 263 g/mol. The Morgan fingerprint density at radius 2 is 2.21 bits per heavy atom. The number of benzene rings is 1. The molecule has 2 N–H and O–H groups in total. The van der Waals surface area contributed by atoms with Crippen molar-refractivity contribution in [1.29, 1.82) is 0 Å². The number of carbonyl (C=O) groups is 1. The van der Waals surface area contributed by atoms with Gasteiger partial charge in [0.25, 0.3) is 5.91 Å². The first-order valence-electron chi connectivity index (χ1n) is 6.78. The van der Waals surface area contributed by atoms with Gasteiger partial charge in [-0.1, -0.05) is 19.8 Å². The Kier molecular flexibility index (Phi) is 4.30. The van der Waals surface area contributed by atoms with Crippen LogP contribution in [0, 0.1) is 5.92 Å². The molecule has 2 unspecified atom stereocenters. The Morgan fingerprint density at radius 3 is 2.89 bits per heavy atom. The molecule has 0 heterocycles. The lowest BCUT2D eigenvalue weighted by Gasteiger charge is -2.27. The third-order valence-electron chi connectivity index (χ3n) is 3.72. The van der Waals surface area contributed by atoms with Gasteiger partial charge in [-0.15, -0.1) is 0 Å². The van der Waals surface area contributed by atoms with Crippen LogP contribution in [-0.2, 0) is 0 Å². The Balaban J connectivity index is 2.06. The molecule has 0 radical (unpaired) electrons. The fourth-order valence-electron chi connectivity index (χ4n) is 2.65. The van der Waals surface area contributed by atoms with E-state index in [4.69, 9.17) is 4.74 Å². The summed E-state index contributed by atoms with van der Waals surface area (Å²) in [6.07, 6.45) is 4.41. The van der Waals surface area contributed by atoms with E-state index in [1.165, 1.54) is 19.6 Å². The van der Waals surface area contributed by atoms with Crippen molar-refractivity contribution in [1.82, 2.24) is 5.32 Å². The zero-order valence-corrected chi connectivity index (χ0v) is 11.5. The van der Waals surface area contributed by atoms with E-state index in [-0.39, 0.29) is 23.3 Å². The SMILES string of the molecule is COc1ccc(O)c(C(=O)NC2CCCC(C)C2)c1. The predicted molar refractivity (Wildman–Crippen MR) is 73.5 cm³/mol. The van der Waals surface area contributed by atoms with Crippen LogP contribution in [0.1, 0.15) is 43.0 Å². The first-order valence-corrected chi connectivity index (χ1v) is 6.78. The summed E-state index contributed by atoms with van der Waals surface area (Å²) in [6.45, 7) is 2.21. The van der Waals surface area contributed by atoms with Gasteiger partial charge >= 0.3 is 0 Å². The van der Waals surface area contributed by atoms with Gasteiger partial charge in [-0.2, -0.15) is 0 Å². The van der Waals surface area contributed by atoms with Gasteiger partial charge in [0.15, 0.2) is 0 Å². The van der Waals surface area contributed by atoms with Crippen LogP contribution < -0.4 is 10.1 Å². The number of hydrogen-bond acceptors (Lipinski definition) is 3. The minimum Gasteiger partial charge on any atom is -0.507 e. The van der Waals surface area contributed by atoms with Crippen molar-refractivity contribution < 1.29 is 14.6 Å². The number of carbonyl (C=O) groups excluding carboxylic acids is 1. The van der Waals surface area contributed by atoms with Gasteiger partial charge in [0.05, 0.1) is 12.7 Å². The summed E-state index contributed by atoms with van der Waals surface area (Å²) >= 11 is 0. The van der Waals surface area contributed by atoms with Crippen LogP contribution in [0.2, 0.25) is 0 Å². The summed E-state index contributed by atoms with van der Waals surface area (Å²) < 4.78 is 5.08. The molecule has 0 bridgehead atoms. The Labute approximate surface area is 113 Å². The largest absolute Gasteiger partial charge is 0.507 e. The fraction of sp³-hybridized carbons (Fsp3) is 0.533. The number of aromatic hydroxyl groups is 1. The van der Waals surface area contributed by atoms with E-state index in [1.54, 1.807) is 12.1 Å². The number of phenolic OH excluding ortho intramolecular Hbond substituents is 1. The lowest BCUT2D eigenvalue weighted by Crippen LogP contribution is -2.38. The molecular weight excluding hydrogens is 242 g/mol. The summed E-state index contributed by atoms with van der Waals surface area (Å²) in [5.74, 6) is 0.982. The fourth-order valence-corrected chi connectivity index (χ4v) is 2.65. The van der Waals surface area contributed by atoms with E-state index in [2.05, 4.69) is 12.2 Å². The summed E-state index contributed by atoms with van der Waals surface area (Å²) in [4.78, 5) is 12.2. The van der Waals surface area contributed by atoms with Crippen LogP contribution in [0.3, 0.4) is 0 Å². The number of phenols is 1. The molecule has 1 fully saturated rings. The highest BCUT2D eigenvalue weighted by Gasteiger charge is 2.22. The first-order chi connectivity index (χ1) is 9.10. The molecule has 1 aromatic carbocycles. The van der Waals surface area contributed by atoms with E-state index in [0.29, 0.717) is 11.7 Å². The first kappa shape index (κ1) is 13.7. The van der Waals surface area contributed by atoms with E-state index in [0.717, 1.165) is 19.3 Å². The van der Waals surface area contributed by atoms with E-state index in [9.17, 15) is 9.90 Å². The predicted octanol–water partition coefficient (Wildman–Crippen LogP) is 2.71. The highest BCUT2D eigenvalue weighted by molar-refractivity contribution is 5.97. The molecule has 0 aromatic heterocycles. The second-order valence-electron chi connectivity index (χ2n) is 5.33. The molecule has 0 saturated heterocycles. The minimum absolute atomic E-state index is 0.0119. The average Bonchev–Trinajstić information content (AvgIpc) is 2.39. The second-order valence-corrected chi connectivity index (χ2v) is 5.33. The van der Waals surface area contributed by atoms with Crippen molar-refractivity contribution in [3.63, 3.8) is 0 Å². The van der Waals surface area contributed by atoms with Gasteiger partial charge in [0.2, 0.25) is 0 Å². The Bertz CT molecular complexity index is 459. The topological polar surface area (TPSA) is 58.6 Å². The standard InChI is InChI=1S/C15H21NO3/c1-10-4-3-5-11(8-10)16-15(18)13-9-12(19-2)6-7-14(13)17/h6-7,9-11,17H,3-5,8H2,1-2H3,(H,16,18). The quantitative estimate of drug-likeness (QED) is 0.881. The molecule has 1 amide bonds. The van der Waals surface area contributed by atoms with Gasteiger partial charge in [-0.25, -0.2) is 0 Å². The minimum atomic E-state index is -0.226. The number of ether oxygens (including phenoxy) is 1. The molecule has 0 aliphatic heterocycles.